The molecule has 34 heavy (non-hydrogen) atoms. The molecule has 0 bridgehead atoms. The summed E-state index contributed by atoms with van der Waals surface area (Å²) in [5.41, 5.74) is 4.67. The SMILES string of the molecule is CC1(C(=O)O)CN(C(=O)c2ccc(NC(=O)OCC3c4ccccc4-c4ccccc43)cc2)C1. The van der Waals surface area contributed by atoms with Crippen LogP contribution >= 0.6 is 0 Å². The molecular formula is C27H24N2O5. The van der Waals surface area contributed by atoms with Gasteiger partial charge in [-0.1, -0.05) is 48.5 Å². The van der Waals surface area contributed by atoms with Crippen LogP contribution < -0.4 is 5.32 Å². The van der Waals surface area contributed by atoms with E-state index in [1.54, 1.807) is 31.2 Å². The van der Waals surface area contributed by atoms with Gasteiger partial charge in [-0.3, -0.25) is 14.9 Å². The van der Waals surface area contributed by atoms with E-state index in [1.165, 1.54) is 16.0 Å². The number of rotatable bonds is 5. The Morgan fingerprint density at radius 3 is 2.06 bits per heavy atom. The standard InChI is InChI=1S/C27H24N2O5/c1-27(25(31)32)15-29(16-27)24(30)17-10-12-18(13-11-17)28-26(33)34-14-23-21-8-4-2-6-19(21)20-7-3-5-9-22(20)23/h2-13,23H,14-16H2,1H3,(H,28,33)(H,31,32). The molecule has 7 heteroatoms. The molecule has 2 aliphatic rings. The number of anilines is 1. The molecular weight excluding hydrogens is 432 g/mol. The van der Waals surface area contributed by atoms with E-state index in [4.69, 9.17) is 4.74 Å². The van der Waals surface area contributed by atoms with Crippen molar-refractivity contribution in [1.82, 2.24) is 4.90 Å². The van der Waals surface area contributed by atoms with Gasteiger partial charge >= 0.3 is 12.1 Å². The van der Waals surface area contributed by atoms with Crippen molar-refractivity contribution in [2.45, 2.75) is 12.8 Å². The lowest BCUT2D eigenvalue weighted by Crippen LogP contribution is -2.60. The Hall–Kier alpha value is -4.13. The molecule has 1 aliphatic carbocycles. The quantitative estimate of drug-likeness (QED) is 0.585. The molecule has 172 valence electrons. The van der Waals surface area contributed by atoms with E-state index < -0.39 is 17.5 Å². The summed E-state index contributed by atoms with van der Waals surface area (Å²) < 4.78 is 5.55. The number of nitrogens with one attached hydrogen (secondary N) is 1. The molecule has 0 atom stereocenters. The number of amides is 2. The first-order valence-electron chi connectivity index (χ1n) is 11.1. The predicted molar refractivity (Wildman–Crippen MR) is 127 cm³/mol. The minimum absolute atomic E-state index is 0.0221. The zero-order valence-corrected chi connectivity index (χ0v) is 18.7. The molecule has 0 saturated carbocycles. The Morgan fingerprint density at radius 2 is 1.50 bits per heavy atom. The second-order valence-electron chi connectivity index (χ2n) is 9.05. The third-order valence-electron chi connectivity index (χ3n) is 6.61. The van der Waals surface area contributed by atoms with Crippen molar-refractivity contribution in [2.24, 2.45) is 5.41 Å². The first kappa shape index (κ1) is 21.7. The molecule has 0 unspecified atom stereocenters. The molecule has 0 aromatic heterocycles. The number of benzene rings is 3. The van der Waals surface area contributed by atoms with Gasteiger partial charge in [-0.05, 0) is 53.4 Å². The highest BCUT2D eigenvalue weighted by Crippen LogP contribution is 2.44. The molecule has 1 aliphatic heterocycles. The zero-order valence-electron chi connectivity index (χ0n) is 18.7. The van der Waals surface area contributed by atoms with Crippen LogP contribution in [0.2, 0.25) is 0 Å². The van der Waals surface area contributed by atoms with Crippen molar-refractivity contribution in [2.75, 3.05) is 25.0 Å². The number of hydrogen-bond acceptors (Lipinski definition) is 4. The van der Waals surface area contributed by atoms with Crippen LogP contribution in [-0.4, -0.2) is 47.7 Å². The van der Waals surface area contributed by atoms with Crippen LogP contribution in [-0.2, 0) is 9.53 Å². The van der Waals surface area contributed by atoms with Crippen molar-refractivity contribution < 1.29 is 24.2 Å². The van der Waals surface area contributed by atoms with Crippen LogP contribution in [0.4, 0.5) is 10.5 Å². The highest BCUT2D eigenvalue weighted by Gasteiger charge is 2.47. The first-order chi connectivity index (χ1) is 16.4. The molecule has 1 saturated heterocycles. The summed E-state index contributed by atoms with van der Waals surface area (Å²) in [6.45, 7) is 2.20. The number of ether oxygens (including phenoxy) is 1. The molecule has 3 aromatic carbocycles. The summed E-state index contributed by atoms with van der Waals surface area (Å²) in [4.78, 5) is 37.7. The van der Waals surface area contributed by atoms with Gasteiger partial charge in [-0.2, -0.15) is 0 Å². The van der Waals surface area contributed by atoms with E-state index in [0.717, 1.165) is 11.1 Å². The molecule has 1 fully saturated rings. The molecule has 3 aromatic rings. The average Bonchev–Trinajstić information content (AvgIpc) is 3.14. The van der Waals surface area contributed by atoms with Gasteiger partial charge in [-0.15, -0.1) is 0 Å². The summed E-state index contributed by atoms with van der Waals surface area (Å²) in [6, 6.07) is 22.8. The molecule has 1 heterocycles. The Balaban J connectivity index is 1.18. The maximum Gasteiger partial charge on any atom is 0.411 e. The lowest BCUT2D eigenvalue weighted by Gasteiger charge is -2.44. The average molecular weight is 456 g/mol. The maximum atomic E-state index is 12.5. The van der Waals surface area contributed by atoms with Gasteiger partial charge in [0, 0.05) is 30.3 Å². The first-order valence-corrected chi connectivity index (χ1v) is 11.1. The van der Waals surface area contributed by atoms with E-state index in [2.05, 4.69) is 29.6 Å². The lowest BCUT2D eigenvalue weighted by molar-refractivity contribution is -0.155. The van der Waals surface area contributed by atoms with Crippen LogP contribution in [0.5, 0.6) is 0 Å². The van der Waals surface area contributed by atoms with Crippen molar-refractivity contribution in [3.05, 3.63) is 89.5 Å². The van der Waals surface area contributed by atoms with Gasteiger partial charge in [0.05, 0.1) is 0 Å². The molecule has 2 amide bonds. The monoisotopic (exact) mass is 456 g/mol. The van der Waals surface area contributed by atoms with Gasteiger partial charge in [0.2, 0.25) is 0 Å². The van der Waals surface area contributed by atoms with E-state index >= 15 is 0 Å². The van der Waals surface area contributed by atoms with E-state index in [0.29, 0.717) is 11.3 Å². The van der Waals surface area contributed by atoms with E-state index in [9.17, 15) is 19.5 Å². The smallest absolute Gasteiger partial charge is 0.411 e. The predicted octanol–water partition coefficient (Wildman–Crippen LogP) is 4.59. The molecule has 5 rings (SSSR count). The second kappa shape index (κ2) is 8.33. The number of nitrogens with zero attached hydrogens (tertiary/aromatic N) is 1. The summed E-state index contributed by atoms with van der Waals surface area (Å²) >= 11 is 0. The van der Waals surface area contributed by atoms with Gasteiger partial charge in [0.1, 0.15) is 12.0 Å². The number of aliphatic carboxylic acids is 1. The second-order valence-corrected chi connectivity index (χ2v) is 9.05. The topological polar surface area (TPSA) is 95.9 Å². The van der Waals surface area contributed by atoms with Crippen LogP contribution in [0.25, 0.3) is 11.1 Å². The fourth-order valence-electron chi connectivity index (χ4n) is 4.71. The summed E-state index contributed by atoms with van der Waals surface area (Å²) in [7, 11) is 0. The van der Waals surface area contributed by atoms with Crippen LogP contribution in [0, 0.1) is 5.41 Å². The normalized spacial score (nSPS) is 15.6. The number of carboxylic acid groups (broad SMARTS) is 1. The number of carboxylic acids is 1. The molecule has 0 spiro atoms. The maximum absolute atomic E-state index is 12.5. The summed E-state index contributed by atoms with van der Waals surface area (Å²) in [6.07, 6.45) is -0.569. The van der Waals surface area contributed by atoms with Crippen molar-refractivity contribution in [3.63, 3.8) is 0 Å². The molecule has 2 N–H and O–H groups in total. The number of fused-ring (bicyclic) bond motifs is 3. The summed E-state index contributed by atoms with van der Waals surface area (Å²) in [5, 5.41) is 11.9. The van der Waals surface area contributed by atoms with Crippen LogP contribution in [0.1, 0.15) is 34.3 Å². The number of carbonyl (C=O) groups excluding carboxylic acids is 2. The van der Waals surface area contributed by atoms with Crippen LogP contribution in [0.15, 0.2) is 72.8 Å². The minimum Gasteiger partial charge on any atom is -0.481 e. The third kappa shape index (κ3) is 3.79. The minimum atomic E-state index is -0.904. The molecule has 7 nitrogen and oxygen atoms in total. The van der Waals surface area contributed by atoms with E-state index in [1.807, 2.05) is 24.3 Å². The Morgan fingerprint density at radius 1 is 0.941 bits per heavy atom. The van der Waals surface area contributed by atoms with Gasteiger partial charge in [0.15, 0.2) is 0 Å². The Labute approximate surface area is 197 Å². The van der Waals surface area contributed by atoms with Gasteiger partial charge < -0.3 is 14.7 Å². The summed E-state index contributed by atoms with van der Waals surface area (Å²) in [5.74, 6) is -1.16. The van der Waals surface area contributed by atoms with E-state index in [-0.39, 0.29) is 31.5 Å². The third-order valence-corrected chi connectivity index (χ3v) is 6.61. The van der Waals surface area contributed by atoms with Crippen molar-refractivity contribution >= 4 is 23.7 Å². The fraction of sp³-hybridized carbons (Fsp3) is 0.222. The Kier molecular flexibility index (Phi) is 5.32. The van der Waals surface area contributed by atoms with Crippen LogP contribution in [0.3, 0.4) is 0 Å². The fourth-order valence-corrected chi connectivity index (χ4v) is 4.71. The number of likely N-dealkylation sites (tertiary alicyclic amines) is 1. The number of carbonyl (C=O) groups is 3. The van der Waals surface area contributed by atoms with Gasteiger partial charge in [0.25, 0.3) is 5.91 Å². The largest absolute Gasteiger partial charge is 0.481 e. The highest BCUT2D eigenvalue weighted by molar-refractivity contribution is 5.97. The van der Waals surface area contributed by atoms with Crippen molar-refractivity contribution in [3.8, 4) is 11.1 Å². The molecule has 0 radical (unpaired) electrons. The number of hydrogen-bond donors (Lipinski definition) is 2. The van der Waals surface area contributed by atoms with Crippen molar-refractivity contribution in [1.29, 1.82) is 0 Å². The lowest BCUT2D eigenvalue weighted by atomic mass is 9.82. The highest BCUT2D eigenvalue weighted by atomic mass is 16.5. The van der Waals surface area contributed by atoms with Gasteiger partial charge in [-0.25, -0.2) is 4.79 Å². The Bertz CT molecular complexity index is 1230. The zero-order chi connectivity index (χ0) is 23.9.